The Morgan fingerprint density at radius 1 is 0.744 bits per heavy atom. The van der Waals surface area contributed by atoms with E-state index in [1.807, 2.05) is 58.0 Å². The number of amides is 2. The summed E-state index contributed by atoms with van der Waals surface area (Å²) in [5.41, 5.74) is 0.963. The number of aliphatic hydroxyl groups excluding tert-OH is 2. The lowest BCUT2D eigenvalue weighted by molar-refractivity contribution is -0.0188. The lowest BCUT2D eigenvalue weighted by Crippen LogP contribution is -2.50. The molecule has 2 saturated heterocycles. The first-order chi connectivity index (χ1) is 20.4. The highest BCUT2D eigenvalue weighted by Crippen LogP contribution is 2.30. The molecule has 226 valence electrons. The highest BCUT2D eigenvalue weighted by molar-refractivity contribution is 9.10. The van der Waals surface area contributed by atoms with E-state index in [1.54, 1.807) is 34.6 Å². The summed E-state index contributed by atoms with van der Waals surface area (Å²) in [5.74, 6) is 6.01. The third kappa shape index (κ3) is 8.44. The predicted molar refractivity (Wildman–Crippen MR) is 165 cm³/mol. The molecule has 2 aromatic heterocycles. The van der Waals surface area contributed by atoms with Gasteiger partial charge in [0, 0.05) is 67.4 Å². The van der Waals surface area contributed by atoms with Crippen molar-refractivity contribution >= 4 is 27.7 Å². The Balaban J connectivity index is 0.000000208. The van der Waals surface area contributed by atoms with Gasteiger partial charge < -0.3 is 20.0 Å². The van der Waals surface area contributed by atoms with Gasteiger partial charge in [0.15, 0.2) is 0 Å². The molecule has 3 aromatic rings. The van der Waals surface area contributed by atoms with Crippen LogP contribution in [0.25, 0.3) is 0 Å². The predicted octanol–water partition coefficient (Wildman–Crippen LogP) is 3.58. The molecule has 4 heterocycles. The van der Waals surface area contributed by atoms with Crippen LogP contribution in [0.2, 0.25) is 0 Å². The Bertz CT molecular complexity index is 1470. The number of carbonyl (C=O) groups is 2. The van der Waals surface area contributed by atoms with Crippen molar-refractivity contribution in [3.8, 4) is 11.8 Å². The van der Waals surface area contributed by atoms with Gasteiger partial charge in [-0.2, -0.15) is 0 Å². The lowest BCUT2D eigenvalue weighted by atomic mass is 9.81. The molecule has 5 rings (SSSR count). The Kier molecular flexibility index (Phi) is 10.3. The molecule has 2 aliphatic heterocycles. The van der Waals surface area contributed by atoms with Crippen LogP contribution in [0.15, 0.2) is 59.6 Å². The van der Waals surface area contributed by atoms with E-state index < -0.39 is 6.10 Å². The van der Waals surface area contributed by atoms with Crippen molar-refractivity contribution in [1.82, 2.24) is 29.7 Å². The molecular weight excluding hydrogens is 612 g/mol. The molecule has 2 fully saturated rings. The number of aromatic nitrogens is 4. The van der Waals surface area contributed by atoms with Crippen molar-refractivity contribution in [1.29, 1.82) is 0 Å². The summed E-state index contributed by atoms with van der Waals surface area (Å²) < 4.78 is 0.744. The highest BCUT2D eigenvalue weighted by Gasteiger charge is 2.38. The van der Waals surface area contributed by atoms with Crippen LogP contribution in [0.4, 0.5) is 0 Å². The van der Waals surface area contributed by atoms with Crippen molar-refractivity contribution in [2.45, 2.75) is 52.7 Å². The Labute approximate surface area is 260 Å². The molecule has 11 heteroatoms. The van der Waals surface area contributed by atoms with Gasteiger partial charge in [-0.1, -0.05) is 57.7 Å². The summed E-state index contributed by atoms with van der Waals surface area (Å²) >= 11 is 3.23. The summed E-state index contributed by atoms with van der Waals surface area (Å²) in [6.07, 6.45) is 6.66. The normalized spacial score (nSPS) is 20.6. The number of likely N-dealkylation sites (tertiary alicyclic amines) is 2. The molecule has 1 aromatic carbocycles. The Morgan fingerprint density at radius 2 is 1.16 bits per heavy atom. The number of piperidine rings is 2. The van der Waals surface area contributed by atoms with Gasteiger partial charge in [-0.05, 0) is 40.9 Å². The van der Waals surface area contributed by atoms with Gasteiger partial charge in [0.25, 0.3) is 11.8 Å². The second-order valence-electron chi connectivity index (χ2n) is 12.2. The monoisotopic (exact) mass is 648 g/mol. The molecule has 2 N–H and O–H groups in total. The van der Waals surface area contributed by atoms with Crippen LogP contribution < -0.4 is 0 Å². The van der Waals surface area contributed by atoms with E-state index in [1.165, 1.54) is 0 Å². The van der Waals surface area contributed by atoms with E-state index >= 15 is 0 Å². The van der Waals surface area contributed by atoms with Crippen LogP contribution >= 0.6 is 15.9 Å². The van der Waals surface area contributed by atoms with Gasteiger partial charge in [0.05, 0.1) is 22.2 Å². The largest absolute Gasteiger partial charge is 0.392 e. The first-order valence-electron chi connectivity index (χ1n) is 14.2. The fraction of sp³-hybridized carbons (Fsp3) is 0.438. The fourth-order valence-corrected chi connectivity index (χ4v) is 5.12. The second kappa shape index (κ2) is 13.7. The Hall–Kier alpha value is -3.72. The van der Waals surface area contributed by atoms with E-state index in [2.05, 4.69) is 47.7 Å². The number of hydrogen-bond donors (Lipinski definition) is 2. The molecule has 0 radical (unpaired) electrons. The van der Waals surface area contributed by atoms with Crippen LogP contribution in [-0.2, 0) is 0 Å². The average Bonchev–Trinajstić information content (AvgIpc) is 2.99. The van der Waals surface area contributed by atoms with Crippen molar-refractivity contribution in [3.63, 3.8) is 0 Å². The number of carbonyl (C=O) groups excluding carboxylic acids is 2. The van der Waals surface area contributed by atoms with Crippen LogP contribution in [0.3, 0.4) is 0 Å². The van der Waals surface area contributed by atoms with E-state index in [9.17, 15) is 19.8 Å². The SMILES string of the molecule is CC1(C)CN(C(=O)c2ncc(Br)cn2)CCC1O.CC1(C)CN(C(=O)c2ncc(C#Cc3ccccc3)cn2)CCC1O. The number of hydrogen-bond acceptors (Lipinski definition) is 8. The van der Waals surface area contributed by atoms with Crippen molar-refractivity contribution < 1.29 is 19.8 Å². The average molecular weight is 650 g/mol. The second-order valence-corrected chi connectivity index (χ2v) is 13.1. The van der Waals surface area contributed by atoms with Crippen molar-refractivity contribution in [2.75, 3.05) is 26.2 Å². The third-order valence-corrected chi connectivity index (χ3v) is 8.11. The molecule has 2 unspecified atom stereocenters. The van der Waals surface area contributed by atoms with Crippen LogP contribution in [-0.4, -0.2) is 90.2 Å². The topological polar surface area (TPSA) is 133 Å². The van der Waals surface area contributed by atoms with Crippen LogP contribution in [0, 0.1) is 22.7 Å². The van der Waals surface area contributed by atoms with Gasteiger partial charge in [-0.25, -0.2) is 19.9 Å². The molecule has 2 amide bonds. The van der Waals surface area contributed by atoms with Crippen LogP contribution in [0.5, 0.6) is 0 Å². The van der Waals surface area contributed by atoms with Gasteiger partial charge in [-0.3, -0.25) is 9.59 Å². The van der Waals surface area contributed by atoms with Gasteiger partial charge in [0.1, 0.15) is 0 Å². The van der Waals surface area contributed by atoms with E-state index in [0.29, 0.717) is 44.6 Å². The molecule has 0 bridgehead atoms. The first kappa shape index (κ1) is 32.2. The standard InChI is InChI=1S/C20H21N3O2.C12H16BrN3O2/c1-20(2)14-23(11-10-17(20)24)19(25)18-21-12-16(13-22-18)9-8-15-6-4-3-5-7-15;1-12(2)7-16(4-3-9(12)17)11(18)10-14-5-8(13)6-15-10/h3-7,12-13,17,24H,10-11,14H2,1-2H3;5-6,9,17H,3-4,7H2,1-2H3. The number of nitrogens with zero attached hydrogens (tertiary/aromatic N) is 6. The highest BCUT2D eigenvalue weighted by atomic mass is 79.9. The maximum absolute atomic E-state index is 12.6. The zero-order valence-corrected chi connectivity index (χ0v) is 26.5. The minimum atomic E-state index is -0.395. The zero-order chi connectivity index (χ0) is 31.2. The summed E-state index contributed by atoms with van der Waals surface area (Å²) in [7, 11) is 0. The summed E-state index contributed by atoms with van der Waals surface area (Å²) in [5, 5.41) is 19.9. The minimum Gasteiger partial charge on any atom is -0.392 e. The summed E-state index contributed by atoms with van der Waals surface area (Å²) in [6, 6.07) is 9.66. The maximum atomic E-state index is 12.6. The Morgan fingerprint density at radius 3 is 1.60 bits per heavy atom. The van der Waals surface area contributed by atoms with Gasteiger partial charge in [-0.15, -0.1) is 0 Å². The number of benzene rings is 1. The molecule has 10 nitrogen and oxygen atoms in total. The van der Waals surface area contributed by atoms with Crippen molar-refractivity contribution in [3.05, 3.63) is 82.4 Å². The molecule has 0 aliphatic carbocycles. The minimum absolute atomic E-state index is 0.164. The number of rotatable bonds is 2. The van der Waals surface area contributed by atoms with Crippen LogP contribution in [0.1, 0.15) is 72.9 Å². The molecule has 43 heavy (non-hydrogen) atoms. The van der Waals surface area contributed by atoms with Gasteiger partial charge >= 0.3 is 0 Å². The molecular formula is C32H37BrN6O4. The third-order valence-electron chi connectivity index (χ3n) is 7.70. The number of aliphatic hydroxyl groups is 2. The molecule has 0 spiro atoms. The number of halogens is 1. The molecule has 2 atom stereocenters. The zero-order valence-electron chi connectivity index (χ0n) is 24.9. The first-order valence-corrected chi connectivity index (χ1v) is 15.0. The summed E-state index contributed by atoms with van der Waals surface area (Å²) in [4.78, 5) is 44.5. The lowest BCUT2D eigenvalue weighted by Gasteiger charge is -2.41. The molecule has 2 aliphatic rings. The summed E-state index contributed by atoms with van der Waals surface area (Å²) in [6.45, 7) is 9.91. The maximum Gasteiger partial charge on any atom is 0.291 e. The van der Waals surface area contributed by atoms with E-state index in [4.69, 9.17) is 0 Å². The van der Waals surface area contributed by atoms with Gasteiger partial charge in [0.2, 0.25) is 11.6 Å². The molecule has 0 saturated carbocycles. The smallest absolute Gasteiger partial charge is 0.291 e. The van der Waals surface area contributed by atoms with E-state index in [-0.39, 0.29) is 40.4 Å². The van der Waals surface area contributed by atoms with E-state index in [0.717, 1.165) is 10.0 Å². The van der Waals surface area contributed by atoms with Crippen molar-refractivity contribution in [2.24, 2.45) is 10.8 Å². The quantitative estimate of drug-likeness (QED) is 0.403. The fourth-order valence-electron chi connectivity index (χ4n) is 4.91.